The van der Waals surface area contributed by atoms with Crippen molar-refractivity contribution in [3.05, 3.63) is 64.7 Å². The quantitative estimate of drug-likeness (QED) is 0.821. The third-order valence-electron chi connectivity index (χ3n) is 2.91. The summed E-state index contributed by atoms with van der Waals surface area (Å²) < 4.78 is 0. The monoisotopic (exact) mass is 261 g/mol. The first kappa shape index (κ1) is 12.9. The van der Waals surface area contributed by atoms with Crippen molar-refractivity contribution in [2.75, 3.05) is 5.32 Å². The fraction of sp³-hybridized carbons (Fsp3) is 0.200. The molecule has 0 aliphatic heterocycles. The minimum Gasteiger partial charge on any atom is -0.367 e. The number of halogens is 1. The van der Waals surface area contributed by atoms with E-state index in [1.165, 1.54) is 0 Å². The van der Waals surface area contributed by atoms with Gasteiger partial charge in [-0.05, 0) is 25.5 Å². The van der Waals surface area contributed by atoms with Crippen LogP contribution in [0.25, 0.3) is 0 Å². The largest absolute Gasteiger partial charge is 0.367 e. The molecule has 0 spiro atoms. The maximum Gasteiger partial charge on any atom is 0.159 e. The summed E-state index contributed by atoms with van der Waals surface area (Å²) in [5.74, 6) is 0. The van der Waals surface area contributed by atoms with Crippen molar-refractivity contribution in [2.45, 2.75) is 19.6 Å². The lowest BCUT2D eigenvalue weighted by molar-refractivity contribution is 0.0888. The third kappa shape index (κ3) is 2.66. The molecule has 2 aromatic rings. The molecule has 1 unspecified atom stereocenters. The smallest absolute Gasteiger partial charge is 0.159 e. The molecule has 2 N–H and O–H groups in total. The van der Waals surface area contributed by atoms with E-state index in [9.17, 15) is 5.11 Å². The molecule has 2 rings (SSSR count). The van der Waals surface area contributed by atoms with E-state index in [-0.39, 0.29) is 0 Å². The van der Waals surface area contributed by atoms with Gasteiger partial charge in [-0.2, -0.15) is 0 Å². The number of nitrogens with one attached hydrogen (secondary N) is 1. The molecule has 1 atom stereocenters. The Morgan fingerprint density at radius 1 is 1.06 bits per heavy atom. The van der Waals surface area contributed by atoms with E-state index in [4.69, 9.17) is 11.6 Å². The summed E-state index contributed by atoms with van der Waals surface area (Å²) in [5.41, 5.74) is 1.34. The average molecular weight is 262 g/mol. The van der Waals surface area contributed by atoms with Gasteiger partial charge in [0.2, 0.25) is 0 Å². The minimum atomic E-state index is -1.15. The first-order chi connectivity index (χ1) is 8.50. The van der Waals surface area contributed by atoms with Gasteiger partial charge in [-0.3, -0.25) is 0 Å². The van der Waals surface area contributed by atoms with Crippen LogP contribution >= 0.6 is 11.6 Å². The van der Waals surface area contributed by atoms with Crippen LogP contribution in [-0.2, 0) is 5.72 Å². The first-order valence-electron chi connectivity index (χ1n) is 5.82. The number of rotatable bonds is 3. The maximum atomic E-state index is 10.5. The van der Waals surface area contributed by atoms with Crippen molar-refractivity contribution in [3.8, 4) is 0 Å². The van der Waals surface area contributed by atoms with Gasteiger partial charge in [0.1, 0.15) is 0 Å². The fourth-order valence-electron chi connectivity index (χ4n) is 1.84. The molecule has 0 radical (unpaired) electrons. The van der Waals surface area contributed by atoms with E-state index < -0.39 is 5.72 Å². The SMILES string of the molecule is Cc1cccc(NC(C)(O)c2ccccc2)c1Cl. The van der Waals surface area contributed by atoms with E-state index in [2.05, 4.69) is 5.32 Å². The fourth-order valence-corrected chi connectivity index (χ4v) is 2.01. The second-order valence-corrected chi connectivity index (χ2v) is 4.88. The van der Waals surface area contributed by atoms with Gasteiger partial charge in [0.15, 0.2) is 5.72 Å². The lowest BCUT2D eigenvalue weighted by Gasteiger charge is -2.27. The molecular formula is C15H16ClNO. The third-order valence-corrected chi connectivity index (χ3v) is 3.41. The van der Waals surface area contributed by atoms with Gasteiger partial charge in [0, 0.05) is 5.56 Å². The number of aliphatic hydroxyl groups is 1. The Morgan fingerprint density at radius 3 is 2.39 bits per heavy atom. The Morgan fingerprint density at radius 2 is 1.72 bits per heavy atom. The second kappa shape index (κ2) is 5.01. The number of aryl methyl sites for hydroxylation is 1. The summed E-state index contributed by atoms with van der Waals surface area (Å²) in [6.45, 7) is 3.64. The highest BCUT2D eigenvalue weighted by Crippen LogP contribution is 2.30. The Labute approximate surface area is 112 Å². The summed E-state index contributed by atoms with van der Waals surface area (Å²) in [6.07, 6.45) is 0. The zero-order chi connectivity index (χ0) is 13.2. The molecule has 0 fully saturated rings. The molecule has 0 aliphatic rings. The lowest BCUT2D eigenvalue weighted by Crippen LogP contribution is -2.31. The van der Waals surface area contributed by atoms with E-state index in [0.717, 1.165) is 16.8 Å². The Hall–Kier alpha value is -1.51. The predicted octanol–water partition coefficient (Wildman–Crippen LogP) is 3.93. The van der Waals surface area contributed by atoms with Crippen LogP contribution in [0.4, 0.5) is 5.69 Å². The summed E-state index contributed by atoms with van der Waals surface area (Å²) in [6, 6.07) is 15.1. The molecule has 0 heterocycles. The molecule has 3 heteroatoms. The van der Waals surface area contributed by atoms with Crippen LogP contribution in [-0.4, -0.2) is 5.11 Å². The molecule has 0 saturated heterocycles. The minimum absolute atomic E-state index is 0.633. The van der Waals surface area contributed by atoms with Crippen molar-refractivity contribution in [1.29, 1.82) is 0 Å². The summed E-state index contributed by atoms with van der Waals surface area (Å²) in [7, 11) is 0. The summed E-state index contributed by atoms with van der Waals surface area (Å²) in [5, 5.41) is 14.2. The highest BCUT2D eigenvalue weighted by atomic mass is 35.5. The van der Waals surface area contributed by atoms with Crippen LogP contribution in [0.1, 0.15) is 18.1 Å². The van der Waals surface area contributed by atoms with Crippen molar-refractivity contribution < 1.29 is 5.11 Å². The number of anilines is 1. The van der Waals surface area contributed by atoms with Crippen LogP contribution in [0.15, 0.2) is 48.5 Å². The number of benzene rings is 2. The molecule has 0 aromatic heterocycles. The van der Waals surface area contributed by atoms with Crippen molar-refractivity contribution in [1.82, 2.24) is 0 Å². The maximum absolute atomic E-state index is 10.5. The molecule has 18 heavy (non-hydrogen) atoms. The first-order valence-corrected chi connectivity index (χ1v) is 6.20. The Balaban J connectivity index is 2.31. The number of hydrogen-bond donors (Lipinski definition) is 2. The molecule has 2 nitrogen and oxygen atoms in total. The van der Waals surface area contributed by atoms with E-state index in [1.807, 2.05) is 55.5 Å². The van der Waals surface area contributed by atoms with Crippen molar-refractivity contribution >= 4 is 17.3 Å². The molecule has 2 aromatic carbocycles. The van der Waals surface area contributed by atoms with E-state index >= 15 is 0 Å². The highest BCUT2D eigenvalue weighted by Gasteiger charge is 2.23. The molecule has 0 saturated carbocycles. The van der Waals surface area contributed by atoms with Gasteiger partial charge in [-0.15, -0.1) is 0 Å². The molecule has 0 bridgehead atoms. The standard InChI is InChI=1S/C15H16ClNO/c1-11-7-6-10-13(14(11)16)17-15(2,18)12-8-4-3-5-9-12/h3-10,17-18H,1-2H3. The van der Waals surface area contributed by atoms with Gasteiger partial charge in [-0.25, -0.2) is 0 Å². The average Bonchev–Trinajstić information content (AvgIpc) is 2.36. The topological polar surface area (TPSA) is 32.3 Å². The van der Waals surface area contributed by atoms with Gasteiger partial charge in [-0.1, -0.05) is 54.1 Å². The molecule has 94 valence electrons. The van der Waals surface area contributed by atoms with Crippen LogP contribution in [0, 0.1) is 6.92 Å². The number of hydrogen-bond acceptors (Lipinski definition) is 2. The van der Waals surface area contributed by atoms with Crippen molar-refractivity contribution in [3.63, 3.8) is 0 Å². The van der Waals surface area contributed by atoms with Crippen LogP contribution in [0.5, 0.6) is 0 Å². The lowest BCUT2D eigenvalue weighted by atomic mass is 10.0. The summed E-state index contributed by atoms with van der Waals surface area (Å²) in [4.78, 5) is 0. The van der Waals surface area contributed by atoms with Crippen LogP contribution in [0.3, 0.4) is 0 Å². The van der Waals surface area contributed by atoms with Gasteiger partial charge in [0.05, 0.1) is 10.7 Å². The second-order valence-electron chi connectivity index (χ2n) is 4.50. The van der Waals surface area contributed by atoms with Crippen molar-refractivity contribution in [2.24, 2.45) is 0 Å². The Bertz CT molecular complexity index is 537. The van der Waals surface area contributed by atoms with Crippen LogP contribution < -0.4 is 5.32 Å². The van der Waals surface area contributed by atoms with E-state index in [0.29, 0.717) is 5.02 Å². The zero-order valence-electron chi connectivity index (χ0n) is 10.4. The van der Waals surface area contributed by atoms with Gasteiger partial charge in [0.25, 0.3) is 0 Å². The Kier molecular flexibility index (Phi) is 3.60. The van der Waals surface area contributed by atoms with Crippen LogP contribution in [0.2, 0.25) is 5.02 Å². The zero-order valence-corrected chi connectivity index (χ0v) is 11.2. The normalized spacial score (nSPS) is 14.0. The molecular weight excluding hydrogens is 246 g/mol. The van der Waals surface area contributed by atoms with Gasteiger partial charge < -0.3 is 10.4 Å². The molecule has 0 aliphatic carbocycles. The summed E-state index contributed by atoms with van der Waals surface area (Å²) >= 11 is 6.21. The highest BCUT2D eigenvalue weighted by molar-refractivity contribution is 6.34. The van der Waals surface area contributed by atoms with Gasteiger partial charge >= 0.3 is 0 Å². The molecule has 0 amide bonds. The van der Waals surface area contributed by atoms with E-state index in [1.54, 1.807) is 6.92 Å². The predicted molar refractivity (Wildman–Crippen MR) is 75.8 cm³/mol.